The van der Waals surface area contributed by atoms with Crippen molar-refractivity contribution in [2.24, 2.45) is 0 Å². The molecule has 8 fully saturated rings. The number of benzene rings is 4. The molecule has 0 spiro atoms. The van der Waals surface area contributed by atoms with Gasteiger partial charge in [0.25, 0.3) is 0 Å². The summed E-state index contributed by atoms with van der Waals surface area (Å²) < 4.78 is 124. The number of carboxylic acids is 1. The van der Waals surface area contributed by atoms with Crippen molar-refractivity contribution in [3.05, 3.63) is 170 Å². The largest absolute Gasteiger partial charge is 0.488 e. The number of rotatable bonds is 24. The number of nitrogens with one attached hydrogen (secondary N) is 4. The van der Waals surface area contributed by atoms with Gasteiger partial charge in [-0.15, -0.1) is 0 Å². The molecule has 724 valence electrons. The van der Waals surface area contributed by atoms with Crippen molar-refractivity contribution in [3.8, 4) is 23.0 Å². The number of nitrogens with zero attached hydrogens (tertiary/aromatic N) is 20. The molecular weight excluding hydrogens is 1790 g/mol. The summed E-state index contributed by atoms with van der Waals surface area (Å²) in [6.45, 7) is 12.2. The van der Waals surface area contributed by atoms with E-state index in [9.17, 15) is 41.4 Å². The highest BCUT2D eigenvalue weighted by Crippen LogP contribution is 2.41. The number of aromatic nitrogens is 16. The molecule has 12 aromatic rings. The minimum Gasteiger partial charge on any atom is -0.488 e. The summed E-state index contributed by atoms with van der Waals surface area (Å²) in [6, 6.07) is 18.4. The maximum atomic E-state index is 12.7. The lowest BCUT2D eigenvalue weighted by Gasteiger charge is -2.31. The Balaban J connectivity index is 0.000000127. The van der Waals surface area contributed by atoms with Gasteiger partial charge in [-0.25, -0.2) is 64.6 Å². The van der Waals surface area contributed by atoms with Gasteiger partial charge < -0.3 is 99.2 Å². The number of anilines is 8. The highest BCUT2D eigenvalue weighted by molar-refractivity contribution is 5.89. The molecule has 4 aliphatic carbocycles. The third-order valence-electron chi connectivity index (χ3n) is 25.2. The first-order chi connectivity index (χ1) is 66.7. The third kappa shape index (κ3) is 25.6. The highest BCUT2D eigenvalue weighted by atomic mass is 19.4. The van der Waals surface area contributed by atoms with Gasteiger partial charge in [0.05, 0.1) is 106 Å². The van der Waals surface area contributed by atoms with Crippen LogP contribution in [0.4, 0.5) is 72.9 Å². The number of morpholine rings is 4. The normalized spacial score (nSPS) is 21.6. The number of halogens is 6. The third-order valence-corrected chi connectivity index (χ3v) is 25.2. The number of aliphatic hydroxyl groups excluding tert-OH is 3. The molecule has 0 amide bonds. The Morgan fingerprint density at radius 1 is 0.350 bits per heavy atom. The highest BCUT2D eigenvalue weighted by Gasteiger charge is 2.42. The van der Waals surface area contributed by atoms with Gasteiger partial charge in [0.15, 0.2) is 17.9 Å². The molecule has 20 rings (SSSR count). The van der Waals surface area contributed by atoms with Crippen LogP contribution in [0.25, 0.3) is 44.1 Å². The second-order valence-electron chi connectivity index (χ2n) is 34.5. The lowest BCUT2D eigenvalue weighted by molar-refractivity contribution is -0.207. The van der Waals surface area contributed by atoms with E-state index in [1.54, 1.807) is 62.0 Å². The molecule has 4 saturated carbocycles. The number of ether oxygens (including phenoxy) is 8. The monoisotopic (exact) mass is 1890 g/mol. The lowest BCUT2D eigenvalue weighted by Crippen LogP contribution is -2.36. The Morgan fingerprint density at radius 3 is 0.861 bits per heavy atom. The van der Waals surface area contributed by atoms with Crippen molar-refractivity contribution >= 4 is 96.6 Å². The van der Waals surface area contributed by atoms with Crippen LogP contribution in [0.15, 0.2) is 148 Å². The van der Waals surface area contributed by atoms with Crippen molar-refractivity contribution in [2.45, 2.75) is 182 Å². The van der Waals surface area contributed by atoms with Crippen LogP contribution < -0.4 is 59.8 Å². The predicted molar refractivity (Wildman–Crippen MR) is 494 cm³/mol. The average molecular weight is 1900 g/mol. The number of hydrogen-bond donors (Lipinski definition) is 8. The number of aromatic carboxylic acids is 1. The molecule has 0 bridgehead atoms. The minimum absolute atomic E-state index is 0.00146. The zero-order valence-corrected chi connectivity index (χ0v) is 75.1. The van der Waals surface area contributed by atoms with E-state index in [0.29, 0.717) is 74.6 Å². The summed E-state index contributed by atoms with van der Waals surface area (Å²) in [4.78, 5) is 88.8. The van der Waals surface area contributed by atoms with E-state index in [1.165, 1.54) is 12.3 Å². The average Bonchev–Trinajstić information content (AvgIpc) is 0.800. The summed E-state index contributed by atoms with van der Waals surface area (Å²) in [5, 5.41) is 49.9. The summed E-state index contributed by atoms with van der Waals surface area (Å²) in [7, 11) is 0. The van der Waals surface area contributed by atoms with E-state index in [-0.39, 0.29) is 77.9 Å². The first kappa shape index (κ1) is 95.6. The number of carboxylic acid groups (broad SMARTS) is 1. The second-order valence-corrected chi connectivity index (χ2v) is 34.5. The standard InChI is InChI=1S/2C24H27F3N6O3.C23H26N6O4.C23H28N6O3/c2*25-24(26,27)22(34)15-13-30-23(31-14-15)32-16-1-3-18(4-2-16)36-20-12-17(33-7-9-35-10-8-33)11-19-21(20)29-6-5-28-19;30-22(31)18-5-6-26-23(28-18)27-15-1-3-17(4-2-15)33-20-14-16(29-9-11-32-12-10-29)13-19-21(20)25-8-7-24-19;30-15-16-13-26-23(27-14-16)28-17-1-3-19(4-2-17)32-21-12-18(29-7-9-31-10-8-29)11-20-22(21)25-6-5-24-20/h2*5-6,11-14,16,18,22,34H,1-4,7-10H2,(H,30,31,32);5-8,13-15,17H,1-4,9-12H2,(H,30,31)(H,26,27,28);5-6,11-14,17,19,30H,1-4,7-10,15H2,(H,26,27,28)/t16?,18?,22-;;;/m0.../s1. The van der Waals surface area contributed by atoms with E-state index in [1.807, 2.05) is 24.3 Å². The van der Waals surface area contributed by atoms with Gasteiger partial charge in [-0.1, -0.05) is 0 Å². The molecule has 0 radical (unpaired) electrons. The molecule has 37 nitrogen and oxygen atoms in total. The molecule has 8 aliphatic rings. The van der Waals surface area contributed by atoms with E-state index in [4.69, 9.17) is 48.1 Å². The maximum absolute atomic E-state index is 12.7. The van der Waals surface area contributed by atoms with E-state index in [2.05, 4.69) is 145 Å². The van der Waals surface area contributed by atoms with E-state index in [0.717, 1.165) is 271 Å². The topological polar surface area (TPSA) is 439 Å². The smallest absolute Gasteiger partial charge is 0.418 e. The van der Waals surface area contributed by atoms with Crippen molar-refractivity contribution < 1.29 is 89.5 Å². The molecule has 137 heavy (non-hydrogen) atoms. The fourth-order valence-electron chi connectivity index (χ4n) is 17.8. The fraction of sp³-hybridized carbons (Fsp3) is 0.479. The molecule has 8 N–H and O–H groups in total. The minimum atomic E-state index is -4.75. The van der Waals surface area contributed by atoms with Gasteiger partial charge >= 0.3 is 18.3 Å². The quantitative estimate of drug-likeness (QED) is 0.0260. The lowest BCUT2D eigenvalue weighted by atomic mass is 9.93. The number of fused-ring (bicyclic) bond motifs is 4. The molecule has 2 atom stereocenters. The van der Waals surface area contributed by atoms with Crippen LogP contribution in [-0.4, -0.2) is 272 Å². The van der Waals surface area contributed by atoms with E-state index < -0.39 is 30.5 Å². The van der Waals surface area contributed by atoms with Crippen LogP contribution in [0.3, 0.4) is 0 Å². The van der Waals surface area contributed by atoms with Crippen molar-refractivity contribution in [3.63, 3.8) is 0 Å². The van der Waals surface area contributed by atoms with Gasteiger partial charge in [0.2, 0.25) is 23.8 Å². The fourth-order valence-corrected chi connectivity index (χ4v) is 17.8. The van der Waals surface area contributed by atoms with Crippen molar-refractivity contribution in [1.82, 2.24) is 79.7 Å². The molecule has 4 aliphatic heterocycles. The van der Waals surface area contributed by atoms with Crippen LogP contribution in [0.2, 0.25) is 0 Å². The Morgan fingerprint density at radius 2 is 0.606 bits per heavy atom. The Bertz CT molecular complexity index is 5750. The molecule has 1 unspecified atom stereocenters. The van der Waals surface area contributed by atoms with E-state index >= 15 is 0 Å². The Hall–Kier alpha value is -13.1. The maximum Gasteiger partial charge on any atom is 0.418 e. The van der Waals surface area contributed by atoms with Crippen LogP contribution >= 0.6 is 0 Å². The summed E-state index contributed by atoms with van der Waals surface area (Å²) >= 11 is 0. The molecule has 43 heteroatoms. The van der Waals surface area contributed by atoms with Crippen LogP contribution in [0.5, 0.6) is 23.0 Å². The van der Waals surface area contributed by atoms with Gasteiger partial charge in [-0.2, -0.15) is 26.3 Å². The number of carbonyl (C=O) groups is 1. The molecular formula is C94H108F6N24O13. The molecule has 4 saturated heterocycles. The zero-order valence-electron chi connectivity index (χ0n) is 75.1. The zero-order chi connectivity index (χ0) is 94.6. The first-order valence-electron chi connectivity index (χ1n) is 46.3. The number of aliphatic hydroxyl groups is 3. The second kappa shape index (κ2) is 45.3. The summed E-state index contributed by atoms with van der Waals surface area (Å²) in [5.74, 6) is 3.33. The first-order valence-corrected chi connectivity index (χ1v) is 46.3. The molecule has 4 aromatic carbocycles. The van der Waals surface area contributed by atoms with Crippen molar-refractivity contribution in [2.75, 3.05) is 146 Å². The SMILES string of the molecule is O=C(O)c1ccnc(NC2CCC(Oc3cc(N4CCOCC4)cc4nccnc34)CC2)n1.OC(c1cnc(NC2CCC(Oc3cc(N4CCOCC4)cc4nccnc34)CC2)nc1)C(F)(F)F.OCc1cnc(NC2CCC(Oc3cc(N4CCOCC4)cc4nccnc34)CC2)nc1.O[C@@H](c1cnc(NC2CCC(Oc3cc(N4CCOCC4)cc4nccnc34)CC2)nc1)C(F)(F)F. The van der Waals surface area contributed by atoms with Gasteiger partial charge in [0.1, 0.15) is 45.1 Å². The summed E-state index contributed by atoms with van der Waals surface area (Å²) in [6.07, 6.45) is 21.3. The van der Waals surface area contributed by atoms with Crippen LogP contribution in [0.1, 0.15) is 142 Å². The van der Waals surface area contributed by atoms with Gasteiger partial charge in [-0.3, -0.25) is 19.9 Å². The Labute approximate surface area is 783 Å². The van der Waals surface area contributed by atoms with Crippen LogP contribution in [0, 0.1) is 0 Å². The number of alkyl halides is 6. The van der Waals surface area contributed by atoms with Crippen LogP contribution in [-0.2, 0) is 25.6 Å². The van der Waals surface area contributed by atoms with Gasteiger partial charge in [-0.05, 0) is 133 Å². The molecule has 8 aromatic heterocycles. The number of hydrogen-bond acceptors (Lipinski definition) is 36. The Kier molecular flexibility index (Phi) is 31.6. The molecule has 12 heterocycles. The van der Waals surface area contributed by atoms with Gasteiger partial charge in [0, 0.05) is 233 Å². The summed E-state index contributed by atoms with van der Waals surface area (Å²) in [5.41, 5.74) is 10.4. The predicted octanol–water partition coefficient (Wildman–Crippen LogP) is 12.6. The van der Waals surface area contributed by atoms with Crippen molar-refractivity contribution in [1.29, 1.82) is 0 Å².